The van der Waals surface area contributed by atoms with Gasteiger partial charge < -0.3 is 56.8 Å². The summed E-state index contributed by atoms with van der Waals surface area (Å²) in [7, 11) is -6.26. The fourth-order valence-corrected chi connectivity index (χ4v) is 0.856. The third-order valence-electron chi connectivity index (χ3n) is 1.51. The van der Waals surface area contributed by atoms with Crippen molar-refractivity contribution in [1.82, 2.24) is 0 Å². The Morgan fingerprint density at radius 1 is 0.483 bits per heavy atom. The van der Waals surface area contributed by atoms with Crippen molar-refractivity contribution in [2.45, 2.75) is 0 Å². The Bertz CT molecular complexity index is 493. The maximum Gasteiger partial charge on any atom is 2.00 e. The van der Waals surface area contributed by atoms with E-state index < -0.39 is 16.5 Å². The normalized spacial score (nSPS) is 6.55. The molecule has 6 N–H and O–H groups in total. The summed E-state index contributed by atoms with van der Waals surface area (Å²) in [5, 5.41) is 17.3. The summed E-state index contributed by atoms with van der Waals surface area (Å²) in [5.74, 6) is 0.644. The van der Waals surface area contributed by atoms with Gasteiger partial charge in [0.2, 0.25) is 0 Å². The van der Waals surface area contributed by atoms with E-state index in [1.807, 2.05) is 12.1 Å². The first kappa shape index (κ1) is 59.4. The quantitative estimate of drug-likeness (QED) is 0.173. The van der Waals surface area contributed by atoms with Crippen LogP contribution in [-0.4, -0.2) is 218 Å². The molecule has 0 aromatic heterocycles. The van der Waals surface area contributed by atoms with Crippen LogP contribution in [0.4, 0.5) is 0 Å². The van der Waals surface area contributed by atoms with Crippen molar-refractivity contribution in [2.24, 2.45) is 0 Å². The monoisotopic (exact) mass is 616 g/mol. The number of rotatable bonds is 0. The minimum atomic E-state index is -3.13. The zero-order chi connectivity index (χ0) is 17.4. The smallest absolute Gasteiger partial charge is 2.00 e. The van der Waals surface area contributed by atoms with Crippen molar-refractivity contribution in [3.63, 3.8) is 0 Å². The van der Waals surface area contributed by atoms with E-state index in [1.165, 1.54) is 0 Å². The fourth-order valence-electron chi connectivity index (χ4n) is 0.856. The second kappa shape index (κ2) is 46.6. The molecule has 17 heteroatoms. The third kappa shape index (κ3) is 71.9. The van der Waals surface area contributed by atoms with E-state index in [4.69, 9.17) is 38.9 Å². The molecule has 0 bridgehead atoms. The Balaban J connectivity index is -0.0000000250. The second-order valence-electron chi connectivity index (χ2n) is 3.24. The zero-order valence-corrected chi connectivity index (χ0v) is 30.3. The van der Waals surface area contributed by atoms with Crippen LogP contribution in [0.2, 0.25) is 0 Å². The number of aromatic hydroxyl groups is 2. The summed E-state index contributed by atoms with van der Waals surface area (Å²) in [4.78, 5) is 28.6. The molecule has 0 aliphatic carbocycles. The fraction of sp³-hybridized carbons (Fsp3) is 0. The first-order valence-electron chi connectivity index (χ1n) is 5.57. The Labute approximate surface area is 335 Å². The molecule has 0 unspecified atom stereocenters. The van der Waals surface area contributed by atoms with Gasteiger partial charge in [-0.15, -0.1) is 0 Å². The largest absolute Gasteiger partial charge is 2.00 e. The third-order valence-corrected chi connectivity index (χ3v) is 1.51. The van der Waals surface area contributed by atoms with E-state index in [2.05, 4.69) is 0 Å². The van der Waals surface area contributed by atoms with Crippen molar-refractivity contribution >= 4 is 232 Å². The predicted octanol–water partition coefficient (Wildman–Crippen LogP) is -0.403. The topological polar surface area (TPSA) is 156 Å². The first-order chi connectivity index (χ1) is 10.3. The van der Waals surface area contributed by atoms with Crippen molar-refractivity contribution in [1.29, 1.82) is 0 Å². The van der Waals surface area contributed by atoms with Crippen LogP contribution in [0.1, 0.15) is 0 Å². The van der Waals surface area contributed by atoms with Gasteiger partial charge in [-0.1, -0.05) is 36.4 Å². The van der Waals surface area contributed by atoms with Gasteiger partial charge in [0.05, 0.1) is 0 Å². The average molecular weight is 617 g/mol. The number of hydrogen-bond acceptors (Lipinski definition) is 4. The molecule has 0 aliphatic rings. The summed E-state index contributed by atoms with van der Waals surface area (Å²) < 4.78 is 17.5. The minimum absolute atomic E-state index is 0. The molecule has 140 valence electrons. The standard InChI is InChI=1S/2C6H6O.5Ca.2H3O3P.2S/c2*7-6-4-2-1-3-5-6;;;;;;2*1-4(2)3;;/h2*1-5,7H;;;;;;2*4H,(H2,1,2,3);;/q;;5*+2;;;2*-2. The van der Waals surface area contributed by atoms with Crippen molar-refractivity contribution in [3.05, 3.63) is 60.7 Å². The molecule has 0 atom stereocenters. The molecular formula is C12H18Ca5O8P2S2+6. The first-order valence-corrected chi connectivity index (χ1v) is 8.18. The summed E-state index contributed by atoms with van der Waals surface area (Å²) in [6.45, 7) is 0. The van der Waals surface area contributed by atoms with E-state index >= 15 is 0 Å². The van der Waals surface area contributed by atoms with Crippen LogP contribution in [0.25, 0.3) is 0 Å². The Hall–Kier alpha value is 5.34. The molecule has 0 aliphatic heterocycles. The van der Waals surface area contributed by atoms with Crippen LogP contribution in [0.5, 0.6) is 11.5 Å². The van der Waals surface area contributed by atoms with E-state index in [1.54, 1.807) is 48.5 Å². The van der Waals surface area contributed by atoms with E-state index in [0.717, 1.165) is 0 Å². The van der Waals surface area contributed by atoms with Crippen LogP contribution >= 0.6 is 16.5 Å². The molecule has 0 spiro atoms. The van der Waals surface area contributed by atoms with Gasteiger partial charge in [0, 0.05) is 0 Å². The van der Waals surface area contributed by atoms with Gasteiger partial charge in [-0.05, 0) is 24.3 Å². The molecule has 2 aromatic rings. The molecule has 2 rings (SSSR count). The van der Waals surface area contributed by atoms with Gasteiger partial charge in [0.1, 0.15) is 11.5 Å². The molecular weight excluding hydrogens is 599 g/mol. The van der Waals surface area contributed by atoms with Crippen molar-refractivity contribution in [2.75, 3.05) is 0 Å². The number of para-hydroxylation sites is 2. The Morgan fingerprint density at radius 2 is 0.621 bits per heavy atom. The zero-order valence-electron chi connectivity index (χ0n) is 15.6. The summed E-state index contributed by atoms with van der Waals surface area (Å²) in [6, 6.07) is 17.4. The van der Waals surface area contributed by atoms with E-state index in [9.17, 15) is 0 Å². The molecule has 0 amide bonds. The molecule has 0 saturated carbocycles. The Kier molecular flexibility index (Phi) is 95.6. The molecule has 0 saturated heterocycles. The van der Waals surface area contributed by atoms with Crippen molar-refractivity contribution in [3.8, 4) is 11.5 Å². The predicted molar refractivity (Wildman–Crippen MR) is 127 cm³/mol. The van der Waals surface area contributed by atoms with Gasteiger partial charge in [-0.2, -0.15) is 0 Å². The molecule has 0 fully saturated rings. The van der Waals surface area contributed by atoms with E-state index in [0.29, 0.717) is 11.5 Å². The number of phenols is 2. The average Bonchev–Trinajstić information content (AvgIpc) is 2.40. The molecule has 8 nitrogen and oxygen atoms in total. The van der Waals surface area contributed by atoms with Crippen LogP contribution in [0.3, 0.4) is 0 Å². The minimum Gasteiger partial charge on any atom is -2.00 e. The number of benzene rings is 2. The van der Waals surface area contributed by atoms with E-state index in [-0.39, 0.29) is 216 Å². The van der Waals surface area contributed by atoms with Crippen LogP contribution in [-0.2, 0) is 36.1 Å². The van der Waals surface area contributed by atoms with Gasteiger partial charge in [-0.3, -0.25) is 9.13 Å². The van der Waals surface area contributed by atoms with Gasteiger partial charge in [0.15, 0.2) is 0 Å². The molecule has 2 aromatic carbocycles. The second-order valence-corrected chi connectivity index (χ2v) is 4.37. The van der Waals surface area contributed by atoms with Crippen LogP contribution in [0.15, 0.2) is 60.7 Å². The molecule has 0 heterocycles. The van der Waals surface area contributed by atoms with Crippen LogP contribution in [0, 0.1) is 0 Å². The van der Waals surface area contributed by atoms with Gasteiger partial charge >= 0.3 is 205 Å². The maximum atomic E-state index is 8.74. The summed E-state index contributed by atoms with van der Waals surface area (Å²) in [6.07, 6.45) is 0. The maximum absolute atomic E-state index is 8.74. The van der Waals surface area contributed by atoms with Gasteiger partial charge in [0.25, 0.3) is 0 Å². The number of hydrogen-bond donors (Lipinski definition) is 6. The molecule has 29 heavy (non-hydrogen) atoms. The molecule has 0 radical (unpaired) electrons. The Morgan fingerprint density at radius 3 is 0.690 bits per heavy atom. The SMILES string of the molecule is O=[PH](O)O.O=[PH](O)O.Oc1ccccc1.Oc1ccccc1.[Ca+2].[Ca+2].[Ca+2].[Ca+2].[Ca+2].[S-2].[S-2]. The van der Waals surface area contributed by atoms with Crippen molar-refractivity contribution < 1.29 is 38.9 Å². The van der Waals surface area contributed by atoms with Gasteiger partial charge in [-0.25, -0.2) is 0 Å². The number of phenolic OH excluding ortho intramolecular Hbond substituents is 2. The summed E-state index contributed by atoms with van der Waals surface area (Å²) >= 11 is 0. The van der Waals surface area contributed by atoms with Crippen LogP contribution < -0.4 is 0 Å². The summed E-state index contributed by atoms with van der Waals surface area (Å²) in [5.41, 5.74) is 0.